The molecule has 0 unspecified atom stereocenters. The Labute approximate surface area is 80.1 Å². The van der Waals surface area contributed by atoms with Gasteiger partial charge >= 0.3 is 0 Å². The van der Waals surface area contributed by atoms with Gasteiger partial charge in [-0.2, -0.15) is 0 Å². The average Bonchev–Trinajstić information content (AvgIpc) is 2.16. The molecule has 1 fully saturated rings. The maximum atomic E-state index is 11.1. The van der Waals surface area contributed by atoms with Crippen molar-refractivity contribution < 1.29 is 9.72 Å². The molecule has 1 aliphatic heterocycles. The average molecular weight is 192 g/mol. The summed E-state index contributed by atoms with van der Waals surface area (Å²) in [5, 5.41) is 10.6. The molecule has 2 rings (SSSR count). The number of β-lactam (4-membered cyclic amide) rings is 1. The summed E-state index contributed by atoms with van der Waals surface area (Å²) in [4.78, 5) is 22.7. The smallest absolute Gasteiger partial charge is 0.292 e. The number of hydrogen-bond acceptors (Lipinski definition) is 3. The first-order chi connectivity index (χ1) is 6.70. The Morgan fingerprint density at radius 3 is 2.57 bits per heavy atom. The van der Waals surface area contributed by atoms with Crippen molar-refractivity contribution in [2.75, 3.05) is 11.4 Å². The third-order valence-corrected chi connectivity index (χ3v) is 2.22. The van der Waals surface area contributed by atoms with Crippen LogP contribution in [0, 0.1) is 10.1 Å². The highest BCUT2D eigenvalue weighted by atomic mass is 16.6. The van der Waals surface area contributed by atoms with Crippen molar-refractivity contribution in [2.45, 2.75) is 6.42 Å². The van der Waals surface area contributed by atoms with E-state index in [1.165, 1.54) is 11.0 Å². The number of rotatable bonds is 2. The Morgan fingerprint density at radius 2 is 2.07 bits per heavy atom. The molecule has 0 aromatic heterocycles. The van der Waals surface area contributed by atoms with E-state index >= 15 is 0 Å². The number of para-hydroxylation sites is 2. The standard InChI is InChI=1S/C9H8N2O3/c12-9-5-6-10(9)7-3-1-2-4-8(7)11(13)14/h1-4H,5-6H2. The van der Waals surface area contributed by atoms with Gasteiger partial charge in [0.05, 0.1) is 4.92 Å². The molecule has 1 aromatic carbocycles. The predicted octanol–water partition coefficient (Wildman–Crippen LogP) is 1.33. The summed E-state index contributed by atoms with van der Waals surface area (Å²) in [5.74, 6) is -0.0562. The summed E-state index contributed by atoms with van der Waals surface area (Å²) in [6, 6.07) is 6.27. The van der Waals surface area contributed by atoms with Crippen LogP contribution in [0.3, 0.4) is 0 Å². The van der Waals surface area contributed by atoms with Gasteiger partial charge < -0.3 is 4.90 Å². The summed E-state index contributed by atoms with van der Waals surface area (Å²) in [7, 11) is 0. The van der Waals surface area contributed by atoms with Crippen molar-refractivity contribution in [1.82, 2.24) is 0 Å². The number of anilines is 1. The number of nitro groups is 1. The van der Waals surface area contributed by atoms with Crippen molar-refractivity contribution in [2.24, 2.45) is 0 Å². The van der Waals surface area contributed by atoms with Crippen molar-refractivity contribution >= 4 is 17.3 Å². The van der Waals surface area contributed by atoms with Gasteiger partial charge in [0.15, 0.2) is 0 Å². The fourth-order valence-electron chi connectivity index (χ4n) is 1.42. The van der Waals surface area contributed by atoms with E-state index in [0.29, 0.717) is 18.7 Å². The first-order valence-electron chi connectivity index (χ1n) is 4.24. The van der Waals surface area contributed by atoms with Crippen LogP contribution >= 0.6 is 0 Å². The van der Waals surface area contributed by atoms with E-state index in [9.17, 15) is 14.9 Å². The van der Waals surface area contributed by atoms with E-state index in [1.54, 1.807) is 18.2 Å². The van der Waals surface area contributed by atoms with Crippen LogP contribution in [-0.4, -0.2) is 17.4 Å². The molecule has 0 bridgehead atoms. The molecule has 1 amide bonds. The zero-order valence-electron chi connectivity index (χ0n) is 7.34. The maximum Gasteiger partial charge on any atom is 0.292 e. The molecule has 0 aliphatic carbocycles. The van der Waals surface area contributed by atoms with E-state index < -0.39 is 4.92 Å². The van der Waals surface area contributed by atoms with E-state index in [4.69, 9.17) is 0 Å². The zero-order chi connectivity index (χ0) is 10.1. The third kappa shape index (κ3) is 1.22. The van der Waals surface area contributed by atoms with Crippen LogP contribution in [0.4, 0.5) is 11.4 Å². The van der Waals surface area contributed by atoms with Crippen LogP contribution in [0.2, 0.25) is 0 Å². The number of hydrogen-bond donors (Lipinski definition) is 0. The Hall–Kier alpha value is -1.91. The first-order valence-corrected chi connectivity index (χ1v) is 4.24. The van der Waals surface area contributed by atoms with Gasteiger partial charge in [0.1, 0.15) is 5.69 Å². The lowest BCUT2D eigenvalue weighted by molar-refractivity contribution is -0.384. The molecule has 5 heteroatoms. The molecular weight excluding hydrogens is 184 g/mol. The molecule has 1 heterocycles. The monoisotopic (exact) mass is 192 g/mol. The number of carbonyl (C=O) groups excluding carboxylic acids is 1. The SMILES string of the molecule is O=C1CCN1c1ccccc1[N+](=O)[O-]. The van der Waals surface area contributed by atoms with Gasteiger partial charge in [0.25, 0.3) is 5.69 Å². The molecule has 0 spiro atoms. The summed E-state index contributed by atoms with van der Waals surface area (Å²) in [6.45, 7) is 0.573. The van der Waals surface area contributed by atoms with Crippen LogP contribution in [0.5, 0.6) is 0 Å². The second kappa shape index (κ2) is 3.10. The minimum absolute atomic E-state index is 0.0134. The van der Waals surface area contributed by atoms with E-state index in [-0.39, 0.29) is 11.6 Å². The lowest BCUT2D eigenvalue weighted by Crippen LogP contribution is -2.43. The van der Waals surface area contributed by atoms with E-state index in [2.05, 4.69) is 0 Å². The Kier molecular flexibility index (Phi) is 1.92. The van der Waals surface area contributed by atoms with Gasteiger partial charge in [-0.05, 0) is 6.07 Å². The molecule has 5 nitrogen and oxygen atoms in total. The van der Waals surface area contributed by atoms with Crippen molar-refractivity contribution in [3.63, 3.8) is 0 Å². The fraction of sp³-hybridized carbons (Fsp3) is 0.222. The van der Waals surface area contributed by atoms with E-state index in [1.807, 2.05) is 0 Å². The highest BCUT2D eigenvalue weighted by Crippen LogP contribution is 2.31. The van der Waals surface area contributed by atoms with Gasteiger partial charge in [-0.15, -0.1) is 0 Å². The first kappa shape index (κ1) is 8.68. The normalized spacial score (nSPS) is 15.1. The Morgan fingerprint density at radius 1 is 1.36 bits per heavy atom. The quantitative estimate of drug-likeness (QED) is 0.403. The highest BCUT2D eigenvalue weighted by Gasteiger charge is 2.30. The molecule has 0 N–H and O–H groups in total. The Bertz CT molecular complexity index is 403. The number of nitro benzene ring substituents is 1. The van der Waals surface area contributed by atoms with Gasteiger partial charge in [-0.1, -0.05) is 12.1 Å². The number of nitrogens with zero attached hydrogens (tertiary/aromatic N) is 2. The minimum atomic E-state index is -0.471. The molecule has 1 saturated heterocycles. The molecule has 1 aromatic rings. The van der Waals surface area contributed by atoms with Crippen LogP contribution < -0.4 is 4.90 Å². The number of amides is 1. The largest absolute Gasteiger partial charge is 0.306 e. The van der Waals surface area contributed by atoms with Gasteiger partial charge in [0, 0.05) is 19.0 Å². The van der Waals surface area contributed by atoms with Crippen molar-refractivity contribution in [3.05, 3.63) is 34.4 Å². The zero-order valence-corrected chi connectivity index (χ0v) is 7.34. The molecule has 14 heavy (non-hydrogen) atoms. The lowest BCUT2D eigenvalue weighted by Gasteiger charge is -2.29. The van der Waals surface area contributed by atoms with Crippen LogP contribution in [0.15, 0.2) is 24.3 Å². The Balaban J connectivity index is 2.41. The summed E-state index contributed by atoms with van der Waals surface area (Å²) < 4.78 is 0. The van der Waals surface area contributed by atoms with Crippen molar-refractivity contribution in [3.8, 4) is 0 Å². The van der Waals surface area contributed by atoms with E-state index in [0.717, 1.165) is 0 Å². The van der Waals surface area contributed by atoms with Gasteiger partial charge in [-0.3, -0.25) is 14.9 Å². The van der Waals surface area contributed by atoms with Crippen LogP contribution in [0.1, 0.15) is 6.42 Å². The molecule has 0 atom stereocenters. The number of benzene rings is 1. The topological polar surface area (TPSA) is 63.5 Å². The second-order valence-electron chi connectivity index (χ2n) is 3.04. The maximum absolute atomic E-state index is 11.1. The highest BCUT2D eigenvalue weighted by molar-refractivity contribution is 6.01. The molecular formula is C9H8N2O3. The third-order valence-electron chi connectivity index (χ3n) is 2.22. The van der Waals surface area contributed by atoms with Crippen molar-refractivity contribution in [1.29, 1.82) is 0 Å². The van der Waals surface area contributed by atoms with Gasteiger partial charge in [-0.25, -0.2) is 0 Å². The number of carbonyl (C=O) groups is 1. The van der Waals surface area contributed by atoms with Gasteiger partial charge in [0.2, 0.25) is 5.91 Å². The van der Waals surface area contributed by atoms with Crippen LogP contribution in [-0.2, 0) is 4.79 Å². The molecule has 72 valence electrons. The summed E-state index contributed by atoms with van der Waals surface area (Å²) in [5.41, 5.74) is 0.384. The second-order valence-corrected chi connectivity index (χ2v) is 3.04. The summed E-state index contributed by atoms with van der Waals surface area (Å²) >= 11 is 0. The lowest BCUT2D eigenvalue weighted by atomic mass is 10.1. The fourth-order valence-corrected chi connectivity index (χ4v) is 1.42. The molecule has 0 saturated carbocycles. The van der Waals surface area contributed by atoms with Crippen LogP contribution in [0.25, 0.3) is 0 Å². The molecule has 1 aliphatic rings. The minimum Gasteiger partial charge on any atom is -0.306 e. The predicted molar refractivity (Wildman–Crippen MR) is 50.1 cm³/mol. The summed E-state index contributed by atoms with van der Waals surface area (Å²) in [6.07, 6.45) is 0.478. The molecule has 0 radical (unpaired) electrons.